The van der Waals surface area contributed by atoms with Gasteiger partial charge in [-0.3, -0.25) is 4.79 Å². The summed E-state index contributed by atoms with van der Waals surface area (Å²) in [6.45, 7) is 2.76. The highest BCUT2D eigenvalue weighted by Gasteiger charge is 2.53. The summed E-state index contributed by atoms with van der Waals surface area (Å²) in [5.41, 5.74) is 0.624. The smallest absolute Gasteiger partial charge is 0.270 e. The van der Waals surface area contributed by atoms with E-state index in [1.54, 1.807) is 0 Å². The Bertz CT molecular complexity index is 809. The van der Waals surface area contributed by atoms with Gasteiger partial charge in [0.05, 0.1) is 13.2 Å². The van der Waals surface area contributed by atoms with Gasteiger partial charge in [-0.15, -0.1) is 10.2 Å². The van der Waals surface area contributed by atoms with Crippen LogP contribution in [0.1, 0.15) is 41.0 Å². The molecule has 2 aromatic rings. The molecule has 25 heavy (non-hydrogen) atoms. The number of likely N-dealkylation sites (tertiary alicyclic amines) is 1. The van der Waals surface area contributed by atoms with Crippen molar-refractivity contribution in [1.29, 1.82) is 0 Å². The van der Waals surface area contributed by atoms with Crippen LogP contribution in [0.5, 0.6) is 0 Å². The predicted molar refractivity (Wildman–Crippen MR) is 88.0 cm³/mol. The van der Waals surface area contributed by atoms with Crippen LogP contribution < -0.4 is 0 Å². The Morgan fingerprint density at radius 3 is 3.04 bits per heavy atom. The molecule has 1 amide bonds. The summed E-state index contributed by atoms with van der Waals surface area (Å²) in [7, 11) is 1.90. The van der Waals surface area contributed by atoms with Crippen molar-refractivity contribution in [2.75, 3.05) is 26.3 Å². The summed E-state index contributed by atoms with van der Waals surface area (Å²) in [5.74, 6) is 2.34. The molecule has 2 aliphatic heterocycles. The number of hydrogen-bond donors (Lipinski definition) is 0. The first-order valence-electron chi connectivity index (χ1n) is 8.95. The van der Waals surface area contributed by atoms with E-state index in [1.165, 1.54) is 0 Å². The number of hydrogen-bond acceptors (Lipinski definition) is 5. The van der Waals surface area contributed by atoms with Crippen molar-refractivity contribution in [1.82, 2.24) is 19.7 Å². The fourth-order valence-electron chi connectivity index (χ4n) is 4.22. The molecule has 3 aliphatic rings. The average molecular weight is 342 g/mol. The molecule has 2 aromatic heterocycles. The third-order valence-electron chi connectivity index (χ3n) is 5.88. The van der Waals surface area contributed by atoms with E-state index in [2.05, 4.69) is 10.2 Å². The van der Waals surface area contributed by atoms with Gasteiger partial charge in [0.25, 0.3) is 5.91 Å². The van der Waals surface area contributed by atoms with Crippen LogP contribution in [-0.4, -0.2) is 51.9 Å². The maximum Gasteiger partial charge on any atom is 0.270 e. The number of fused-ring (bicyclic) bond motifs is 1. The average Bonchev–Trinajstić information content (AvgIpc) is 2.93. The molecule has 0 radical (unpaired) electrons. The van der Waals surface area contributed by atoms with Crippen molar-refractivity contribution in [2.24, 2.45) is 18.4 Å². The molecule has 0 spiro atoms. The Hall–Kier alpha value is -2.15. The van der Waals surface area contributed by atoms with Gasteiger partial charge in [-0.25, -0.2) is 0 Å². The molecule has 4 heterocycles. The summed E-state index contributed by atoms with van der Waals surface area (Å²) in [5, 5.41) is 8.45. The quantitative estimate of drug-likeness (QED) is 0.844. The molecule has 7 nitrogen and oxygen atoms in total. The lowest BCUT2D eigenvalue weighted by atomic mass is 9.78. The lowest BCUT2D eigenvalue weighted by molar-refractivity contribution is 0.0705. The second-order valence-electron chi connectivity index (χ2n) is 7.75. The molecule has 0 unspecified atom stereocenters. The van der Waals surface area contributed by atoms with Crippen molar-refractivity contribution in [3.05, 3.63) is 35.8 Å². The number of rotatable bonds is 4. The largest absolute Gasteiger partial charge is 0.425 e. The Labute approximate surface area is 146 Å². The van der Waals surface area contributed by atoms with E-state index in [9.17, 15) is 4.79 Å². The minimum Gasteiger partial charge on any atom is -0.425 e. The monoisotopic (exact) mass is 342 g/mol. The lowest BCUT2D eigenvalue weighted by Crippen LogP contribution is -2.36. The molecule has 7 heteroatoms. The number of nitrogens with zero attached hydrogens (tertiary/aromatic N) is 4. The highest BCUT2D eigenvalue weighted by molar-refractivity contribution is 5.93. The molecule has 132 valence electrons. The van der Waals surface area contributed by atoms with Crippen LogP contribution in [0.15, 0.2) is 22.7 Å². The summed E-state index contributed by atoms with van der Waals surface area (Å²) < 4.78 is 13.5. The van der Waals surface area contributed by atoms with E-state index in [4.69, 9.17) is 9.15 Å². The molecule has 1 aliphatic carbocycles. The van der Waals surface area contributed by atoms with Crippen LogP contribution >= 0.6 is 0 Å². The Morgan fingerprint density at radius 1 is 1.40 bits per heavy atom. The van der Waals surface area contributed by atoms with Gasteiger partial charge in [0, 0.05) is 50.0 Å². The van der Waals surface area contributed by atoms with Crippen LogP contribution in [0.3, 0.4) is 0 Å². The summed E-state index contributed by atoms with van der Waals surface area (Å²) in [6, 6.07) is 3.78. The van der Waals surface area contributed by atoms with Crippen LogP contribution in [0.25, 0.3) is 0 Å². The summed E-state index contributed by atoms with van der Waals surface area (Å²) in [4.78, 5) is 14.8. The third-order valence-corrected chi connectivity index (χ3v) is 5.88. The minimum atomic E-state index is -0.103. The van der Waals surface area contributed by atoms with E-state index in [-0.39, 0.29) is 11.3 Å². The fraction of sp³-hybridized carbons (Fsp3) is 0.611. The molecular formula is C18H22N4O3. The molecule has 2 atom stereocenters. The van der Waals surface area contributed by atoms with Gasteiger partial charge in [0.15, 0.2) is 0 Å². The predicted octanol–water partition coefficient (Wildman–Crippen LogP) is 1.62. The van der Waals surface area contributed by atoms with E-state index in [1.807, 2.05) is 34.8 Å². The lowest BCUT2D eigenvalue weighted by Gasteiger charge is -2.25. The number of carbonyl (C=O) groups is 1. The van der Waals surface area contributed by atoms with Crippen LogP contribution in [-0.2, 0) is 18.2 Å². The zero-order chi connectivity index (χ0) is 17.0. The maximum absolute atomic E-state index is 12.9. The summed E-state index contributed by atoms with van der Waals surface area (Å²) in [6.07, 6.45) is 4.89. The normalized spacial score (nSPS) is 28.5. The Kier molecular flexibility index (Phi) is 3.28. The molecular weight excluding hydrogens is 320 g/mol. The second-order valence-corrected chi connectivity index (χ2v) is 7.75. The molecule has 5 rings (SSSR count). The first-order chi connectivity index (χ1) is 12.1. The van der Waals surface area contributed by atoms with E-state index < -0.39 is 0 Å². The van der Waals surface area contributed by atoms with Gasteiger partial charge in [-0.2, -0.15) is 0 Å². The summed E-state index contributed by atoms with van der Waals surface area (Å²) >= 11 is 0. The van der Waals surface area contributed by atoms with Gasteiger partial charge in [0.2, 0.25) is 11.8 Å². The van der Waals surface area contributed by atoms with Crippen LogP contribution in [0.2, 0.25) is 0 Å². The van der Waals surface area contributed by atoms with E-state index >= 15 is 0 Å². The van der Waals surface area contributed by atoms with Gasteiger partial charge in [-0.05, 0) is 25.0 Å². The van der Waals surface area contributed by atoms with Gasteiger partial charge in [0.1, 0.15) is 5.69 Å². The standard InChI is InChI=1S/C18H22N4O3/c1-21-6-2-3-14(21)17(23)22-8-13-9-24-11-18(13,10-22)7-15-19-20-16(25-15)12-4-5-12/h2-3,6,12-13H,4-5,7-11H2,1H3/t13-,18+/m1/s1. The molecule has 0 N–H and O–H groups in total. The molecule has 2 saturated heterocycles. The van der Waals surface area contributed by atoms with Crippen molar-refractivity contribution in [3.8, 4) is 0 Å². The highest BCUT2D eigenvalue weighted by atomic mass is 16.5. The third kappa shape index (κ3) is 2.49. The topological polar surface area (TPSA) is 73.4 Å². The van der Waals surface area contributed by atoms with Crippen molar-refractivity contribution < 1.29 is 13.9 Å². The number of carbonyl (C=O) groups excluding carboxylic acids is 1. The first-order valence-corrected chi connectivity index (χ1v) is 8.95. The molecule has 0 aromatic carbocycles. The highest BCUT2D eigenvalue weighted by Crippen LogP contribution is 2.45. The Balaban J connectivity index is 1.36. The fourth-order valence-corrected chi connectivity index (χ4v) is 4.22. The SMILES string of the molecule is Cn1cccc1C(=O)N1C[C@@H]2COC[C@]2(Cc2nnc(C3CC3)o2)C1. The van der Waals surface area contributed by atoms with E-state index in [0.29, 0.717) is 43.9 Å². The first kappa shape index (κ1) is 15.1. The van der Waals surface area contributed by atoms with Crippen LogP contribution in [0.4, 0.5) is 0 Å². The van der Waals surface area contributed by atoms with Gasteiger partial charge < -0.3 is 18.6 Å². The van der Waals surface area contributed by atoms with Crippen molar-refractivity contribution in [3.63, 3.8) is 0 Å². The Morgan fingerprint density at radius 2 is 2.28 bits per heavy atom. The maximum atomic E-state index is 12.9. The van der Waals surface area contributed by atoms with Gasteiger partial charge in [-0.1, -0.05) is 0 Å². The van der Waals surface area contributed by atoms with Crippen molar-refractivity contribution in [2.45, 2.75) is 25.2 Å². The van der Waals surface area contributed by atoms with Crippen molar-refractivity contribution >= 4 is 5.91 Å². The second kappa shape index (κ2) is 5.42. The number of aromatic nitrogens is 3. The molecule has 3 fully saturated rings. The minimum absolute atomic E-state index is 0.0884. The number of ether oxygens (including phenoxy) is 1. The van der Waals surface area contributed by atoms with Crippen LogP contribution in [0, 0.1) is 11.3 Å². The molecule has 0 bridgehead atoms. The zero-order valence-corrected chi connectivity index (χ0v) is 14.4. The van der Waals surface area contributed by atoms with Gasteiger partial charge >= 0.3 is 0 Å². The molecule has 1 saturated carbocycles. The zero-order valence-electron chi connectivity index (χ0n) is 14.4. The number of amides is 1. The number of aryl methyl sites for hydroxylation is 1. The van der Waals surface area contributed by atoms with E-state index in [0.717, 1.165) is 31.0 Å².